The Kier molecular flexibility index (Phi) is 1.84. The normalized spacial score (nSPS) is 23.1. The molecule has 2 N–H and O–H groups in total. The largest absolute Gasteiger partial charge is 0.493 e. The van der Waals surface area contributed by atoms with E-state index in [1.165, 1.54) is 24.0 Å². The molecule has 1 fully saturated rings. The molecular weight excluding hydrogens is 186 g/mol. The second-order valence-corrected chi connectivity index (χ2v) is 4.84. The van der Waals surface area contributed by atoms with Crippen LogP contribution in [-0.2, 0) is 11.8 Å². The number of hydrogen-bond donors (Lipinski definition) is 1. The van der Waals surface area contributed by atoms with Gasteiger partial charge < -0.3 is 10.5 Å². The second-order valence-electron chi connectivity index (χ2n) is 4.84. The van der Waals surface area contributed by atoms with Crippen molar-refractivity contribution >= 4 is 0 Å². The van der Waals surface area contributed by atoms with Crippen LogP contribution in [0.1, 0.15) is 30.9 Å². The third kappa shape index (κ3) is 1.21. The number of ether oxygens (including phenoxy) is 1. The Morgan fingerprint density at radius 3 is 2.87 bits per heavy atom. The molecule has 3 rings (SSSR count). The second kappa shape index (κ2) is 2.99. The summed E-state index contributed by atoms with van der Waals surface area (Å²) in [6.07, 6.45) is 3.48. The minimum absolute atomic E-state index is 0.218. The highest BCUT2D eigenvalue weighted by atomic mass is 16.5. The predicted octanol–water partition coefficient (Wildman–Crippen LogP) is 2.00. The Labute approximate surface area is 90.4 Å². The Balaban J connectivity index is 2.10. The zero-order valence-electron chi connectivity index (χ0n) is 9.12. The van der Waals surface area contributed by atoms with Gasteiger partial charge in [0, 0.05) is 23.4 Å². The summed E-state index contributed by atoms with van der Waals surface area (Å²) < 4.78 is 5.75. The van der Waals surface area contributed by atoms with E-state index in [-0.39, 0.29) is 11.5 Å². The minimum atomic E-state index is 0.218. The van der Waals surface area contributed by atoms with Crippen molar-refractivity contribution in [2.45, 2.75) is 37.6 Å². The Morgan fingerprint density at radius 2 is 2.20 bits per heavy atom. The van der Waals surface area contributed by atoms with E-state index in [9.17, 15) is 0 Å². The Bertz CT molecular complexity index is 394. The van der Waals surface area contributed by atoms with E-state index in [0.29, 0.717) is 0 Å². The summed E-state index contributed by atoms with van der Waals surface area (Å²) in [4.78, 5) is 0. The maximum Gasteiger partial charge on any atom is 0.126 e. The molecule has 0 radical (unpaired) electrons. The van der Waals surface area contributed by atoms with E-state index in [1.54, 1.807) is 0 Å². The van der Waals surface area contributed by atoms with Crippen molar-refractivity contribution in [2.75, 3.05) is 6.61 Å². The van der Waals surface area contributed by atoms with Gasteiger partial charge in [-0.1, -0.05) is 18.2 Å². The standard InChI is InChI=1S/C13H17NO/c1-9(14)13(6-7-13)11-4-2-3-10-5-8-15-12(10)11/h2-4,9H,5-8,14H2,1H3. The Morgan fingerprint density at radius 1 is 1.40 bits per heavy atom. The van der Waals surface area contributed by atoms with Crippen molar-refractivity contribution in [2.24, 2.45) is 5.73 Å². The SMILES string of the molecule is CC(N)C1(c2cccc3c2OCC3)CC1. The third-order valence-electron chi connectivity index (χ3n) is 3.91. The van der Waals surface area contributed by atoms with E-state index >= 15 is 0 Å². The van der Waals surface area contributed by atoms with Gasteiger partial charge in [-0.15, -0.1) is 0 Å². The lowest BCUT2D eigenvalue weighted by Crippen LogP contribution is -2.31. The molecule has 1 heterocycles. The number of benzene rings is 1. The van der Waals surface area contributed by atoms with Crippen LogP contribution in [0, 0.1) is 0 Å². The first kappa shape index (κ1) is 9.22. The highest BCUT2D eigenvalue weighted by Gasteiger charge is 2.49. The van der Waals surface area contributed by atoms with Crippen molar-refractivity contribution in [3.8, 4) is 5.75 Å². The summed E-state index contributed by atoms with van der Waals surface area (Å²) in [7, 11) is 0. The molecular formula is C13H17NO. The highest BCUT2D eigenvalue weighted by Crippen LogP contribution is 2.54. The van der Waals surface area contributed by atoms with Crippen LogP contribution in [0.5, 0.6) is 5.75 Å². The molecule has 0 bridgehead atoms. The van der Waals surface area contributed by atoms with Crippen LogP contribution in [0.3, 0.4) is 0 Å². The fourth-order valence-electron chi connectivity index (χ4n) is 2.71. The molecule has 80 valence electrons. The van der Waals surface area contributed by atoms with Crippen LogP contribution >= 0.6 is 0 Å². The fraction of sp³-hybridized carbons (Fsp3) is 0.538. The first-order valence-electron chi connectivity index (χ1n) is 5.75. The van der Waals surface area contributed by atoms with Crippen LogP contribution in [0.15, 0.2) is 18.2 Å². The Hall–Kier alpha value is -1.02. The van der Waals surface area contributed by atoms with Crippen molar-refractivity contribution in [3.05, 3.63) is 29.3 Å². The molecule has 1 unspecified atom stereocenters. The molecule has 1 aliphatic carbocycles. The summed E-state index contributed by atoms with van der Waals surface area (Å²) in [6, 6.07) is 6.74. The number of nitrogens with two attached hydrogens (primary N) is 1. The van der Waals surface area contributed by atoms with Gasteiger partial charge >= 0.3 is 0 Å². The molecule has 1 atom stereocenters. The molecule has 0 saturated heterocycles. The zero-order valence-corrected chi connectivity index (χ0v) is 9.12. The van der Waals surface area contributed by atoms with Gasteiger partial charge in [0.15, 0.2) is 0 Å². The molecule has 15 heavy (non-hydrogen) atoms. The van der Waals surface area contributed by atoms with E-state index in [2.05, 4.69) is 25.1 Å². The summed E-state index contributed by atoms with van der Waals surface area (Å²) >= 11 is 0. The summed E-state index contributed by atoms with van der Waals surface area (Å²) in [5, 5.41) is 0. The van der Waals surface area contributed by atoms with E-state index in [1.807, 2.05) is 0 Å². The van der Waals surface area contributed by atoms with E-state index in [0.717, 1.165) is 18.8 Å². The van der Waals surface area contributed by atoms with Crippen molar-refractivity contribution < 1.29 is 4.74 Å². The first-order valence-corrected chi connectivity index (χ1v) is 5.75. The van der Waals surface area contributed by atoms with Gasteiger partial charge in [-0.05, 0) is 25.3 Å². The van der Waals surface area contributed by atoms with Crippen LogP contribution in [0.4, 0.5) is 0 Å². The lowest BCUT2D eigenvalue weighted by molar-refractivity contribution is 0.347. The van der Waals surface area contributed by atoms with Crippen LogP contribution in [0.2, 0.25) is 0 Å². The third-order valence-corrected chi connectivity index (χ3v) is 3.91. The molecule has 1 aromatic rings. The molecule has 1 saturated carbocycles. The van der Waals surface area contributed by atoms with Gasteiger partial charge in [0.05, 0.1) is 6.61 Å². The van der Waals surface area contributed by atoms with Gasteiger partial charge in [-0.2, -0.15) is 0 Å². The molecule has 0 amide bonds. The number of hydrogen-bond acceptors (Lipinski definition) is 2. The molecule has 1 aliphatic heterocycles. The van der Waals surface area contributed by atoms with Gasteiger partial charge in [-0.25, -0.2) is 0 Å². The highest BCUT2D eigenvalue weighted by molar-refractivity contribution is 5.51. The molecule has 2 aliphatic rings. The molecule has 1 aromatic carbocycles. The molecule has 0 spiro atoms. The summed E-state index contributed by atoms with van der Waals surface area (Å²) in [6.45, 7) is 2.95. The van der Waals surface area contributed by atoms with Crippen LogP contribution in [0.25, 0.3) is 0 Å². The maximum absolute atomic E-state index is 6.10. The van der Waals surface area contributed by atoms with Gasteiger partial charge in [-0.3, -0.25) is 0 Å². The van der Waals surface area contributed by atoms with Crippen molar-refractivity contribution in [1.29, 1.82) is 0 Å². The average molecular weight is 203 g/mol. The fourth-order valence-corrected chi connectivity index (χ4v) is 2.71. The average Bonchev–Trinajstić information content (AvgIpc) is 2.89. The number of rotatable bonds is 2. The van der Waals surface area contributed by atoms with E-state index in [4.69, 9.17) is 10.5 Å². The zero-order chi connectivity index (χ0) is 10.5. The molecule has 0 aromatic heterocycles. The van der Waals surface area contributed by atoms with Crippen LogP contribution < -0.4 is 10.5 Å². The monoisotopic (exact) mass is 203 g/mol. The maximum atomic E-state index is 6.10. The van der Waals surface area contributed by atoms with Gasteiger partial charge in [0.25, 0.3) is 0 Å². The predicted molar refractivity (Wildman–Crippen MR) is 60.2 cm³/mol. The van der Waals surface area contributed by atoms with Crippen molar-refractivity contribution in [1.82, 2.24) is 0 Å². The molecule has 2 heteroatoms. The van der Waals surface area contributed by atoms with Crippen LogP contribution in [-0.4, -0.2) is 12.6 Å². The summed E-state index contributed by atoms with van der Waals surface area (Å²) in [5.74, 6) is 1.13. The smallest absolute Gasteiger partial charge is 0.126 e. The topological polar surface area (TPSA) is 35.2 Å². The quantitative estimate of drug-likeness (QED) is 0.798. The molecule has 2 nitrogen and oxygen atoms in total. The minimum Gasteiger partial charge on any atom is -0.493 e. The van der Waals surface area contributed by atoms with Crippen molar-refractivity contribution in [3.63, 3.8) is 0 Å². The summed E-state index contributed by atoms with van der Waals surface area (Å²) in [5.41, 5.74) is 9.04. The lowest BCUT2D eigenvalue weighted by Gasteiger charge is -2.22. The lowest BCUT2D eigenvalue weighted by atomic mass is 9.87. The number of para-hydroxylation sites is 1. The number of fused-ring (bicyclic) bond motifs is 1. The van der Waals surface area contributed by atoms with Gasteiger partial charge in [0.1, 0.15) is 5.75 Å². The van der Waals surface area contributed by atoms with Gasteiger partial charge in [0.2, 0.25) is 0 Å². The van der Waals surface area contributed by atoms with E-state index < -0.39 is 0 Å². The first-order chi connectivity index (χ1) is 7.24.